The standard InChI is InChI=1S/C12H21NO2/c13-11-3-1-9(2-4-11)12(14)10-5-7-15-8-6-10/h9-11H,1-8,13H2. The van der Waals surface area contributed by atoms with Crippen LogP contribution < -0.4 is 5.73 Å². The Morgan fingerprint density at radius 1 is 0.933 bits per heavy atom. The molecule has 0 amide bonds. The van der Waals surface area contributed by atoms with Gasteiger partial charge < -0.3 is 10.5 Å². The highest BCUT2D eigenvalue weighted by Crippen LogP contribution is 2.29. The molecule has 2 fully saturated rings. The number of hydrogen-bond acceptors (Lipinski definition) is 3. The summed E-state index contributed by atoms with van der Waals surface area (Å²) in [4.78, 5) is 12.2. The molecule has 2 rings (SSSR count). The summed E-state index contributed by atoms with van der Waals surface area (Å²) in [7, 11) is 0. The highest BCUT2D eigenvalue weighted by molar-refractivity contribution is 5.83. The summed E-state index contributed by atoms with van der Waals surface area (Å²) in [5.74, 6) is 1.07. The van der Waals surface area contributed by atoms with E-state index < -0.39 is 0 Å². The third kappa shape index (κ3) is 2.79. The van der Waals surface area contributed by atoms with Crippen molar-refractivity contribution in [2.45, 2.75) is 44.6 Å². The first-order valence-corrected chi connectivity index (χ1v) is 6.14. The number of Topliss-reactive ketones (excluding diaryl/α,β-unsaturated/α-hetero) is 1. The minimum Gasteiger partial charge on any atom is -0.381 e. The van der Waals surface area contributed by atoms with E-state index in [1.807, 2.05) is 0 Å². The molecule has 0 aromatic rings. The van der Waals surface area contributed by atoms with Gasteiger partial charge in [0, 0.05) is 31.1 Å². The smallest absolute Gasteiger partial charge is 0.139 e. The lowest BCUT2D eigenvalue weighted by Gasteiger charge is -2.29. The van der Waals surface area contributed by atoms with Gasteiger partial charge in [-0.2, -0.15) is 0 Å². The molecule has 2 aliphatic rings. The minimum absolute atomic E-state index is 0.276. The monoisotopic (exact) mass is 211 g/mol. The summed E-state index contributed by atoms with van der Waals surface area (Å²) < 4.78 is 5.28. The van der Waals surface area contributed by atoms with E-state index in [9.17, 15) is 4.79 Å². The van der Waals surface area contributed by atoms with Crippen molar-refractivity contribution in [2.75, 3.05) is 13.2 Å². The van der Waals surface area contributed by atoms with Crippen LogP contribution in [0.3, 0.4) is 0 Å². The molecule has 0 atom stereocenters. The van der Waals surface area contributed by atoms with Crippen LogP contribution in [0.2, 0.25) is 0 Å². The Hall–Kier alpha value is -0.410. The maximum absolute atomic E-state index is 12.2. The van der Waals surface area contributed by atoms with Crippen molar-refractivity contribution >= 4 is 5.78 Å². The molecule has 2 N–H and O–H groups in total. The molecule has 3 nitrogen and oxygen atoms in total. The second-order valence-electron chi connectivity index (χ2n) is 4.90. The minimum atomic E-state index is 0.276. The maximum Gasteiger partial charge on any atom is 0.139 e. The highest BCUT2D eigenvalue weighted by Gasteiger charge is 2.30. The second-order valence-corrected chi connectivity index (χ2v) is 4.90. The second kappa shape index (κ2) is 5.08. The molecule has 1 aliphatic heterocycles. The lowest BCUT2D eigenvalue weighted by Crippen LogP contribution is -2.34. The molecule has 3 heteroatoms. The SMILES string of the molecule is NC1CCC(C(=O)C2CCOCC2)CC1. The molecule has 1 saturated heterocycles. The topological polar surface area (TPSA) is 52.3 Å². The Kier molecular flexibility index (Phi) is 3.76. The zero-order chi connectivity index (χ0) is 10.7. The molecule has 0 spiro atoms. The first-order chi connectivity index (χ1) is 7.27. The molecule has 0 aromatic heterocycles. The van der Waals surface area contributed by atoms with Gasteiger partial charge in [-0.15, -0.1) is 0 Å². The molecule has 0 radical (unpaired) electrons. The molecule has 0 aromatic carbocycles. The van der Waals surface area contributed by atoms with Crippen molar-refractivity contribution in [2.24, 2.45) is 17.6 Å². The van der Waals surface area contributed by atoms with Gasteiger partial charge in [-0.1, -0.05) is 0 Å². The summed E-state index contributed by atoms with van der Waals surface area (Å²) in [6.45, 7) is 1.53. The van der Waals surface area contributed by atoms with Crippen molar-refractivity contribution in [3.63, 3.8) is 0 Å². The first kappa shape index (κ1) is 11.1. The van der Waals surface area contributed by atoms with E-state index in [1.54, 1.807) is 0 Å². The van der Waals surface area contributed by atoms with Gasteiger partial charge in [0.1, 0.15) is 5.78 Å². The predicted molar refractivity (Wildman–Crippen MR) is 58.5 cm³/mol. The molecule has 1 saturated carbocycles. The van der Waals surface area contributed by atoms with E-state index in [0.29, 0.717) is 17.7 Å². The predicted octanol–water partition coefficient (Wildman–Crippen LogP) is 1.50. The first-order valence-electron chi connectivity index (χ1n) is 6.14. The van der Waals surface area contributed by atoms with Crippen molar-refractivity contribution in [3.8, 4) is 0 Å². The lowest BCUT2D eigenvalue weighted by atomic mass is 9.78. The van der Waals surface area contributed by atoms with Gasteiger partial charge in [-0.05, 0) is 38.5 Å². The summed E-state index contributed by atoms with van der Waals surface area (Å²) in [5.41, 5.74) is 5.84. The van der Waals surface area contributed by atoms with Gasteiger partial charge in [-0.25, -0.2) is 0 Å². The normalized spacial score (nSPS) is 33.9. The average molecular weight is 211 g/mol. The third-order valence-electron chi connectivity index (χ3n) is 3.80. The molecule has 0 unspecified atom stereocenters. The van der Waals surface area contributed by atoms with Crippen LogP contribution in [0.4, 0.5) is 0 Å². The number of ether oxygens (including phenoxy) is 1. The molecule has 1 aliphatic carbocycles. The summed E-state index contributed by atoms with van der Waals surface area (Å²) >= 11 is 0. The van der Waals surface area contributed by atoms with Crippen molar-refractivity contribution in [1.29, 1.82) is 0 Å². The third-order valence-corrected chi connectivity index (χ3v) is 3.80. The number of ketones is 1. The molecule has 0 bridgehead atoms. The van der Waals surface area contributed by atoms with Gasteiger partial charge in [0.2, 0.25) is 0 Å². The van der Waals surface area contributed by atoms with E-state index in [0.717, 1.165) is 51.7 Å². The Labute approximate surface area is 91.4 Å². The van der Waals surface area contributed by atoms with Crippen LogP contribution >= 0.6 is 0 Å². The van der Waals surface area contributed by atoms with Crippen LogP contribution in [0.15, 0.2) is 0 Å². The molecular formula is C12H21NO2. The Balaban J connectivity index is 1.84. The quantitative estimate of drug-likeness (QED) is 0.753. The Morgan fingerprint density at radius 3 is 2.07 bits per heavy atom. The van der Waals surface area contributed by atoms with Crippen LogP contribution in [0.25, 0.3) is 0 Å². The maximum atomic E-state index is 12.2. The molecule has 15 heavy (non-hydrogen) atoms. The van der Waals surface area contributed by atoms with Crippen LogP contribution in [-0.2, 0) is 9.53 Å². The Bertz CT molecular complexity index is 216. The van der Waals surface area contributed by atoms with Gasteiger partial charge in [0.25, 0.3) is 0 Å². The van der Waals surface area contributed by atoms with Crippen molar-refractivity contribution < 1.29 is 9.53 Å². The summed E-state index contributed by atoms with van der Waals surface area (Å²) in [5, 5.41) is 0. The van der Waals surface area contributed by atoms with E-state index in [4.69, 9.17) is 10.5 Å². The van der Waals surface area contributed by atoms with Gasteiger partial charge >= 0.3 is 0 Å². The van der Waals surface area contributed by atoms with E-state index in [2.05, 4.69) is 0 Å². The van der Waals surface area contributed by atoms with Crippen LogP contribution in [0, 0.1) is 11.8 Å². The van der Waals surface area contributed by atoms with Gasteiger partial charge in [0.15, 0.2) is 0 Å². The zero-order valence-corrected chi connectivity index (χ0v) is 9.28. The number of hydrogen-bond donors (Lipinski definition) is 1. The fourth-order valence-electron chi connectivity index (χ4n) is 2.72. The van der Waals surface area contributed by atoms with Gasteiger partial charge in [-0.3, -0.25) is 4.79 Å². The number of nitrogens with two attached hydrogens (primary N) is 1. The number of carbonyl (C=O) groups is 1. The molecule has 86 valence electrons. The molecular weight excluding hydrogens is 190 g/mol. The number of carbonyl (C=O) groups excluding carboxylic acids is 1. The van der Waals surface area contributed by atoms with Crippen molar-refractivity contribution in [3.05, 3.63) is 0 Å². The lowest BCUT2D eigenvalue weighted by molar-refractivity contribution is -0.130. The van der Waals surface area contributed by atoms with Crippen molar-refractivity contribution in [1.82, 2.24) is 0 Å². The van der Waals surface area contributed by atoms with Crippen LogP contribution in [0.5, 0.6) is 0 Å². The zero-order valence-electron chi connectivity index (χ0n) is 9.28. The van der Waals surface area contributed by atoms with Crippen LogP contribution in [-0.4, -0.2) is 25.0 Å². The van der Waals surface area contributed by atoms with E-state index in [-0.39, 0.29) is 5.92 Å². The largest absolute Gasteiger partial charge is 0.381 e. The summed E-state index contributed by atoms with van der Waals surface area (Å²) in [6.07, 6.45) is 5.94. The highest BCUT2D eigenvalue weighted by atomic mass is 16.5. The fraction of sp³-hybridized carbons (Fsp3) is 0.917. The van der Waals surface area contributed by atoms with E-state index >= 15 is 0 Å². The van der Waals surface area contributed by atoms with Gasteiger partial charge in [0.05, 0.1) is 0 Å². The van der Waals surface area contributed by atoms with Crippen LogP contribution in [0.1, 0.15) is 38.5 Å². The Morgan fingerprint density at radius 2 is 1.47 bits per heavy atom. The number of rotatable bonds is 2. The van der Waals surface area contributed by atoms with E-state index in [1.165, 1.54) is 0 Å². The molecule has 1 heterocycles. The summed E-state index contributed by atoms with van der Waals surface area (Å²) in [6, 6.07) is 0.337. The fourth-order valence-corrected chi connectivity index (χ4v) is 2.72. The average Bonchev–Trinajstić information content (AvgIpc) is 2.30.